The molecule has 210 valence electrons. The molecule has 5 heterocycles. The monoisotopic (exact) mass is 588 g/mol. The van der Waals surface area contributed by atoms with Crippen LogP contribution in [0, 0.1) is 0 Å². The van der Waals surface area contributed by atoms with Crippen LogP contribution in [0.1, 0.15) is 12.8 Å². The molecule has 0 saturated carbocycles. The second-order valence-corrected chi connectivity index (χ2v) is 10.9. The van der Waals surface area contributed by atoms with Gasteiger partial charge in [0.2, 0.25) is 39.6 Å². The lowest BCUT2D eigenvalue weighted by atomic mass is 10.1. The van der Waals surface area contributed by atoms with Gasteiger partial charge in [-0.3, -0.25) is 4.72 Å². The van der Waals surface area contributed by atoms with Crippen molar-refractivity contribution in [1.82, 2.24) is 39.7 Å². The van der Waals surface area contributed by atoms with Crippen molar-refractivity contribution in [2.24, 2.45) is 0 Å². The summed E-state index contributed by atoms with van der Waals surface area (Å²) >= 11 is 5.91. The van der Waals surface area contributed by atoms with Crippen molar-refractivity contribution in [3.05, 3.63) is 41.9 Å². The average molecular weight is 589 g/mol. The van der Waals surface area contributed by atoms with Gasteiger partial charge in [-0.15, -0.1) is 10.2 Å². The molecule has 1 N–H and O–H groups in total. The van der Waals surface area contributed by atoms with Gasteiger partial charge in [0.05, 0.1) is 44.0 Å². The molecule has 5 rings (SSSR count). The minimum absolute atomic E-state index is 0.0972. The second-order valence-electron chi connectivity index (χ2n) is 8.55. The van der Waals surface area contributed by atoms with E-state index in [1.54, 1.807) is 23.1 Å². The molecule has 1 aliphatic rings. The summed E-state index contributed by atoms with van der Waals surface area (Å²) in [4.78, 5) is 23.0. The molecule has 0 unspecified atom stereocenters. The zero-order valence-electron chi connectivity index (χ0n) is 21.7. The van der Waals surface area contributed by atoms with Crippen molar-refractivity contribution in [2.45, 2.75) is 18.1 Å². The Bertz CT molecular complexity index is 1580. The van der Waals surface area contributed by atoms with Gasteiger partial charge in [-0.25, -0.2) is 27.9 Å². The Balaban J connectivity index is 1.56. The predicted molar refractivity (Wildman–Crippen MR) is 145 cm³/mol. The van der Waals surface area contributed by atoms with Crippen LogP contribution in [-0.2, 0) is 10.0 Å². The number of pyridine rings is 1. The SMILES string of the molecule is COc1cccc(-c2nnc(NS(=O)(=O)[C@@H]3CCCN(c4ncc(Cl)cn4)C3)n2-c2c(OC)ncnc2OC)n1. The van der Waals surface area contributed by atoms with E-state index in [1.807, 2.05) is 0 Å². The molecule has 4 aromatic heterocycles. The Morgan fingerprint density at radius 2 is 1.73 bits per heavy atom. The second kappa shape index (κ2) is 11.4. The standard InChI is InChI=1S/C23H25ClN10O5S/c1-37-17-8-4-7-16(29-17)19-30-31-23(34(19)18-20(38-2)27-13-28-21(18)39-3)32-40(35,36)15-6-5-9-33(12-15)22-25-10-14(24)11-26-22/h4,7-8,10-11,13,15H,5-6,9,12H2,1-3H3,(H,31,32)/t15-/m1/s1. The molecule has 1 fully saturated rings. The summed E-state index contributed by atoms with van der Waals surface area (Å²) in [5.74, 6) is 0.951. The van der Waals surface area contributed by atoms with Crippen LogP contribution in [0.5, 0.6) is 17.6 Å². The first-order valence-electron chi connectivity index (χ1n) is 12.0. The fourth-order valence-corrected chi connectivity index (χ4v) is 5.78. The van der Waals surface area contributed by atoms with E-state index in [4.69, 9.17) is 25.8 Å². The van der Waals surface area contributed by atoms with Gasteiger partial charge >= 0.3 is 0 Å². The summed E-state index contributed by atoms with van der Waals surface area (Å²) in [5.41, 5.74) is 0.517. The average Bonchev–Trinajstić information content (AvgIpc) is 3.39. The number of ether oxygens (including phenoxy) is 3. The summed E-state index contributed by atoms with van der Waals surface area (Å²) in [5, 5.41) is 8.00. The van der Waals surface area contributed by atoms with Crippen LogP contribution in [0.4, 0.5) is 11.9 Å². The fraction of sp³-hybridized carbons (Fsp3) is 0.348. The number of nitrogens with one attached hydrogen (secondary N) is 1. The molecule has 4 aromatic rings. The molecule has 0 bridgehead atoms. The van der Waals surface area contributed by atoms with Crippen LogP contribution in [-0.4, -0.2) is 87.8 Å². The minimum atomic E-state index is -4.00. The molecule has 1 atom stereocenters. The number of piperidine rings is 1. The highest BCUT2D eigenvalue weighted by atomic mass is 35.5. The van der Waals surface area contributed by atoms with E-state index >= 15 is 0 Å². The quantitative estimate of drug-likeness (QED) is 0.301. The first-order valence-corrected chi connectivity index (χ1v) is 13.9. The molecule has 17 heteroatoms. The van der Waals surface area contributed by atoms with Gasteiger partial charge < -0.3 is 19.1 Å². The molecule has 1 aliphatic heterocycles. The van der Waals surface area contributed by atoms with Gasteiger partial charge in [0.1, 0.15) is 12.0 Å². The largest absolute Gasteiger partial charge is 0.481 e. The maximum Gasteiger partial charge on any atom is 0.245 e. The lowest BCUT2D eigenvalue weighted by Crippen LogP contribution is -2.45. The van der Waals surface area contributed by atoms with E-state index in [2.05, 4.69) is 39.8 Å². The number of hydrogen-bond donors (Lipinski definition) is 1. The fourth-order valence-electron chi connectivity index (χ4n) is 4.27. The number of hydrogen-bond acceptors (Lipinski definition) is 13. The third kappa shape index (κ3) is 5.40. The molecule has 1 saturated heterocycles. The highest BCUT2D eigenvalue weighted by Gasteiger charge is 2.34. The van der Waals surface area contributed by atoms with E-state index in [-0.39, 0.29) is 35.8 Å². The van der Waals surface area contributed by atoms with Gasteiger partial charge in [-0.2, -0.15) is 9.97 Å². The topological polar surface area (TPSA) is 172 Å². The Labute approximate surface area is 234 Å². The summed E-state index contributed by atoms with van der Waals surface area (Å²) in [6.45, 7) is 0.766. The predicted octanol–water partition coefficient (Wildman–Crippen LogP) is 2.00. The number of aromatic nitrogens is 8. The number of halogens is 1. The van der Waals surface area contributed by atoms with E-state index in [0.717, 1.165) is 0 Å². The van der Waals surface area contributed by atoms with Crippen LogP contribution < -0.4 is 23.8 Å². The Morgan fingerprint density at radius 3 is 2.40 bits per heavy atom. The Morgan fingerprint density at radius 1 is 1.00 bits per heavy atom. The van der Waals surface area contributed by atoms with Crippen molar-refractivity contribution < 1.29 is 22.6 Å². The number of nitrogens with zero attached hydrogens (tertiary/aromatic N) is 9. The molecule has 0 aliphatic carbocycles. The third-order valence-corrected chi connectivity index (χ3v) is 8.06. The molecule has 0 radical (unpaired) electrons. The van der Waals surface area contributed by atoms with Crippen LogP contribution in [0.2, 0.25) is 5.02 Å². The number of sulfonamides is 1. The van der Waals surface area contributed by atoms with Crippen LogP contribution in [0.3, 0.4) is 0 Å². The molecular formula is C23H25ClN10O5S. The van der Waals surface area contributed by atoms with Crippen molar-refractivity contribution in [3.63, 3.8) is 0 Å². The van der Waals surface area contributed by atoms with Gasteiger partial charge in [0, 0.05) is 19.2 Å². The molecule has 0 amide bonds. The van der Waals surface area contributed by atoms with Crippen molar-refractivity contribution >= 4 is 33.5 Å². The summed E-state index contributed by atoms with van der Waals surface area (Å²) < 4.78 is 47.6. The lowest BCUT2D eigenvalue weighted by Gasteiger charge is -2.32. The lowest BCUT2D eigenvalue weighted by molar-refractivity contribution is 0.368. The van der Waals surface area contributed by atoms with Crippen molar-refractivity contribution in [3.8, 4) is 34.8 Å². The van der Waals surface area contributed by atoms with Gasteiger partial charge in [0.15, 0.2) is 11.5 Å². The smallest absolute Gasteiger partial charge is 0.245 e. The van der Waals surface area contributed by atoms with Crippen LogP contribution in [0.25, 0.3) is 17.2 Å². The highest BCUT2D eigenvalue weighted by Crippen LogP contribution is 2.35. The van der Waals surface area contributed by atoms with E-state index < -0.39 is 15.3 Å². The van der Waals surface area contributed by atoms with Crippen LogP contribution in [0.15, 0.2) is 36.9 Å². The van der Waals surface area contributed by atoms with E-state index in [1.165, 1.54) is 44.6 Å². The number of methoxy groups -OCH3 is 3. The zero-order chi connectivity index (χ0) is 28.3. The maximum absolute atomic E-state index is 13.7. The Kier molecular flexibility index (Phi) is 7.79. The number of rotatable bonds is 9. The molecular weight excluding hydrogens is 564 g/mol. The maximum atomic E-state index is 13.7. The third-order valence-electron chi connectivity index (χ3n) is 6.13. The van der Waals surface area contributed by atoms with Crippen molar-refractivity contribution in [2.75, 3.05) is 44.0 Å². The highest BCUT2D eigenvalue weighted by molar-refractivity contribution is 7.93. The zero-order valence-corrected chi connectivity index (χ0v) is 23.3. The molecule has 0 spiro atoms. The normalized spacial score (nSPS) is 15.5. The summed E-state index contributed by atoms with van der Waals surface area (Å²) in [7, 11) is 0.311. The number of anilines is 2. The van der Waals surface area contributed by atoms with Crippen LogP contribution >= 0.6 is 11.6 Å². The minimum Gasteiger partial charge on any atom is -0.481 e. The molecule has 0 aromatic carbocycles. The summed E-state index contributed by atoms with van der Waals surface area (Å²) in [6, 6.07) is 5.06. The molecule has 40 heavy (non-hydrogen) atoms. The van der Waals surface area contributed by atoms with E-state index in [0.29, 0.717) is 41.9 Å². The first-order chi connectivity index (χ1) is 19.3. The van der Waals surface area contributed by atoms with Gasteiger partial charge in [-0.05, 0) is 18.9 Å². The van der Waals surface area contributed by atoms with Crippen molar-refractivity contribution in [1.29, 1.82) is 0 Å². The van der Waals surface area contributed by atoms with E-state index in [9.17, 15) is 8.42 Å². The first kappa shape index (κ1) is 27.3. The molecule has 15 nitrogen and oxygen atoms in total. The summed E-state index contributed by atoms with van der Waals surface area (Å²) in [6.07, 6.45) is 5.23. The van der Waals surface area contributed by atoms with Gasteiger partial charge in [0.25, 0.3) is 0 Å². The Hall–Kier alpha value is -4.31. The van der Waals surface area contributed by atoms with Gasteiger partial charge in [-0.1, -0.05) is 17.7 Å².